The molecule has 1 aliphatic heterocycles. The van der Waals surface area contributed by atoms with Crippen molar-refractivity contribution in [3.05, 3.63) is 54.8 Å². The molecule has 1 aliphatic rings. The molecule has 10 heteroatoms. The molecule has 1 aromatic carbocycles. The summed E-state index contributed by atoms with van der Waals surface area (Å²) in [4.78, 5) is 48.6. The van der Waals surface area contributed by atoms with Crippen molar-refractivity contribution in [2.24, 2.45) is 4.99 Å². The Balaban J connectivity index is 1.54. The summed E-state index contributed by atoms with van der Waals surface area (Å²) in [6.45, 7) is 0.322. The number of oxazole rings is 1. The van der Waals surface area contributed by atoms with Crippen LogP contribution in [0.4, 0.5) is 6.01 Å². The number of hydrogen-bond acceptors (Lipinski definition) is 7. The van der Waals surface area contributed by atoms with Crippen LogP contribution in [0.3, 0.4) is 0 Å². The average Bonchev–Trinajstić information content (AvgIpc) is 3.42. The minimum atomic E-state index is -1.06. The zero-order valence-electron chi connectivity index (χ0n) is 15.3. The van der Waals surface area contributed by atoms with Crippen LogP contribution in [0, 0.1) is 11.8 Å². The fourth-order valence-electron chi connectivity index (χ4n) is 2.68. The lowest BCUT2D eigenvalue weighted by molar-refractivity contribution is -0.124. The Morgan fingerprint density at radius 2 is 2.03 bits per heavy atom. The van der Waals surface area contributed by atoms with Gasteiger partial charge in [-0.2, -0.15) is 9.88 Å². The van der Waals surface area contributed by atoms with E-state index in [0.29, 0.717) is 17.8 Å². The highest BCUT2D eigenvalue weighted by Crippen LogP contribution is 2.24. The molecule has 30 heavy (non-hydrogen) atoms. The quantitative estimate of drug-likeness (QED) is 0.512. The lowest BCUT2D eigenvalue weighted by Gasteiger charge is -2.20. The van der Waals surface area contributed by atoms with Crippen molar-refractivity contribution in [2.75, 3.05) is 4.90 Å². The van der Waals surface area contributed by atoms with Gasteiger partial charge in [0.25, 0.3) is 11.8 Å². The molecular weight excluding hydrogens is 390 g/mol. The Morgan fingerprint density at radius 1 is 1.23 bits per heavy atom. The highest BCUT2D eigenvalue weighted by Gasteiger charge is 2.35. The Hall–Kier alpha value is -4.52. The van der Waals surface area contributed by atoms with E-state index in [4.69, 9.17) is 9.52 Å². The number of imide groups is 1. The van der Waals surface area contributed by atoms with Crippen molar-refractivity contribution < 1.29 is 23.9 Å². The zero-order chi connectivity index (χ0) is 21.1. The van der Waals surface area contributed by atoms with Crippen LogP contribution in [0.2, 0.25) is 0 Å². The Bertz CT molecular complexity index is 1200. The van der Waals surface area contributed by atoms with E-state index in [1.807, 2.05) is 0 Å². The lowest BCUT2D eigenvalue weighted by atomic mass is 10.1. The predicted molar refractivity (Wildman–Crippen MR) is 104 cm³/mol. The summed E-state index contributed by atoms with van der Waals surface area (Å²) in [5, 5.41) is 8.98. The van der Waals surface area contributed by atoms with E-state index in [9.17, 15) is 14.4 Å². The predicted octanol–water partition coefficient (Wildman–Crippen LogP) is 1.25. The summed E-state index contributed by atoms with van der Waals surface area (Å²) in [7, 11) is 0. The number of aliphatic imine (C=N–C) groups is 1. The van der Waals surface area contributed by atoms with Crippen LogP contribution in [-0.4, -0.2) is 49.7 Å². The molecule has 3 heterocycles. The van der Waals surface area contributed by atoms with E-state index in [-0.39, 0.29) is 11.6 Å². The second-order valence-electron chi connectivity index (χ2n) is 6.15. The number of carboxylic acid groups (broad SMARTS) is 1. The normalized spacial score (nSPS) is 15.7. The summed E-state index contributed by atoms with van der Waals surface area (Å²) in [6, 6.07) is 4.67. The van der Waals surface area contributed by atoms with Crippen molar-refractivity contribution in [2.45, 2.75) is 12.6 Å². The maximum atomic E-state index is 12.7. The van der Waals surface area contributed by atoms with E-state index in [2.05, 4.69) is 26.8 Å². The van der Waals surface area contributed by atoms with Gasteiger partial charge in [0.05, 0.1) is 24.7 Å². The SMILES string of the molecule is O=C(O)c1ccc(-c2coc(N3C(=O)C=NC(C#CCn4ccnc4)C3=O)n2)cc1. The molecule has 0 saturated carbocycles. The van der Waals surface area contributed by atoms with Gasteiger partial charge < -0.3 is 14.1 Å². The number of carbonyl (C=O) groups excluding carboxylic acids is 2. The maximum Gasteiger partial charge on any atom is 0.335 e. The van der Waals surface area contributed by atoms with Gasteiger partial charge in [-0.1, -0.05) is 24.0 Å². The number of imidazole rings is 1. The number of anilines is 1. The average molecular weight is 403 g/mol. The number of rotatable bonds is 4. The van der Waals surface area contributed by atoms with E-state index < -0.39 is 23.8 Å². The van der Waals surface area contributed by atoms with Crippen LogP contribution >= 0.6 is 0 Å². The Kier molecular flexibility index (Phi) is 4.92. The van der Waals surface area contributed by atoms with Crippen molar-refractivity contribution in [1.82, 2.24) is 14.5 Å². The second-order valence-corrected chi connectivity index (χ2v) is 6.15. The van der Waals surface area contributed by atoms with Crippen molar-refractivity contribution in [3.63, 3.8) is 0 Å². The topological polar surface area (TPSA) is 131 Å². The molecule has 0 spiro atoms. The third-order valence-corrected chi connectivity index (χ3v) is 4.18. The minimum absolute atomic E-state index is 0.122. The van der Waals surface area contributed by atoms with Crippen molar-refractivity contribution in [1.29, 1.82) is 0 Å². The first kappa shape index (κ1) is 18.8. The number of aromatic nitrogens is 3. The molecular formula is C20H13N5O5. The second kappa shape index (κ2) is 7.84. The molecule has 2 aromatic heterocycles. The summed E-state index contributed by atoms with van der Waals surface area (Å²) in [5.74, 6) is 3.13. The van der Waals surface area contributed by atoms with E-state index in [0.717, 1.165) is 11.1 Å². The fourth-order valence-corrected chi connectivity index (χ4v) is 2.68. The van der Waals surface area contributed by atoms with Crippen LogP contribution in [0.5, 0.6) is 0 Å². The molecule has 0 bridgehead atoms. The first-order chi connectivity index (χ1) is 14.5. The number of amides is 2. The van der Waals surface area contributed by atoms with Gasteiger partial charge in [-0.05, 0) is 12.1 Å². The zero-order valence-corrected chi connectivity index (χ0v) is 15.3. The highest BCUT2D eigenvalue weighted by molar-refractivity contribution is 6.41. The first-order valence-corrected chi connectivity index (χ1v) is 8.67. The van der Waals surface area contributed by atoms with Crippen LogP contribution < -0.4 is 4.90 Å². The molecule has 1 N–H and O–H groups in total. The van der Waals surface area contributed by atoms with Gasteiger partial charge in [-0.25, -0.2) is 9.78 Å². The largest absolute Gasteiger partial charge is 0.478 e. The summed E-state index contributed by atoms with van der Waals surface area (Å²) in [6.07, 6.45) is 7.21. The number of hydrogen-bond donors (Lipinski definition) is 1. The number of carboxylic acids is 1. The van der Waals surface area contributed by atoms with Gasteiger partial charge in [0.15, 0.2) is 6.04 Å². The Labute approximate surface area is 169 Å². The molecule has 4 rings (SSSR count). The molecule has 0 fully saturated rings. The molecule has 2 amide bonds. The van der Waals surface area contributed by atoms with Gasteiger partial charge in [-0.3, -0.25) is 14.6 Å². The minimum Gasteiger partial charge on any atom is -0.478 e. The molecule has 1 atom stereocenters. The standard InChI is InChI=1S/C20H13N5O5/c26-17-10-22-15(2-1-8-24-9-7-21-12-24)18(27)25(17)20-23-16(11-30-20)13-3-5-14(6-4-13)19(28)29/h3-7,9-12,15H,8H2,(H,28,29). The van der Waals surface area contributed by atoms with Gasteiger partial charge in [0.1, 0.15) is 12.0 Å². The number of benzene rings is 1. The van der Waals surface area contributed by atoms with E-state index >= 15 is 0 Å². The smallest absolute Gasteiger partial charge is 0.335 e. The first-order valence-electron chi connectivity index (χ1n) is 8.67. The molecule has 0 aliphatic carbocycles. The summed E-state index contributed by atoms with van der Waals surface area (Å²) in [5.41, 5.74) is 1.03. The molecule has 148 valence electrons. The van der Waals surface area contributed by atoms with E-state index in [1.165, 1.54) is 18.4 Å². The summed E-state index contributed by atoms with van der Waals surface area (Å²) >= 11 is 0. The molecule has 1 unspecified atom stereocenters. The molecule has 10 nitrogen and oxygen atoms in total. The molecule has 3 aromatic rings. The van der Waals surface area contributed by atoms with Gasteiger partial charge >= 0.3 is 12.0 Å². The number of nitrogens with zero attached hydrogens (tertiary/aromatic N) is 5. The van der Waals surface area contributed by atoms with Crippen LogP contribution in [0.1, 0.15) is 10.4 Å². The Morgan fingerprint density at radius 3 is 2.73 bits per heavy atom. The monoisotopic (exact) mass is 403 g/mol. The van der Waals surface area contributed by atoms with Crippen molar-refractivity contribution in [3.8, 4) is 23.1 Å². The molecule has 0 radical (unpaired) electrons. The van der Waals surface area contributed by atoms with E-state index in [1.54, 1.807) is 35.4 Å². The van der Waals surface area contributed by atoms with Gasteiger partial charge in [0.2, 0.25) is 0 Å². The number of aromatic carboxylic acids is 1. The van der Waals surface area contributed by atoms with Crippen LogP contribution in [-0.2, 0) is 16.1 Å². The number of carbonyl (C=O) groups is 3. The summed E-state index contributed by atoms with van der Waals surface area (Å²) < 4.78 is 7.05. The van der Waals surface area contributed by atoms with Crippen LogP contribution in [0.25, 0.3) is 11.3 Å². The lowest BCUT2D eigenvalue weighted by Crippen LogP contribution is -2.46. The van der Waals surface area contributed by atoms with Gasteiger partial charge in [0, 0.05) is 18.0 Å². The van der Waals surface area contributed by atoms with Crippen molar-refractivity contribution >= 4 is 30.0 Å². The highest BCUT2D eigenvalue weighted by atomic mass is 16.4. The van der Waals surface area contributed by atoms with Gasteiger partial charge in [-0.15, -0.1) is 0 Å². The fraction of sp³-hybridized carbons (Fsp3) is 0.100. The molecule has 0 saturated heterocycles. The maximum absolute atomic E-state index is 12.7. The third kappa shape index (κ3) is 3.72. The third-order valence-electron chi connectivity index (χ3n) is 4.18. The van der Waals surface area contributed by atoms with Crippen LogP contribution in [0.15, 0.2) is 58.7 Å².